The zero-order valence-corrected chi connectivity index (χ0v) is 5.26. The number of hydrogen-bond donors (Lipinski definition) is 3. The van der Waals surface area contributed by atoms with Gasteiger partial charge in [-0.25, -0.2) is 0 Å². The van der Waals surface area contributed by atoms with Crippen LogP contribution in [0.3, 0.4) is 0 Å². The van der Waals surface area contributed by atoms with Crippen LogP contribution in [0.5, 0.6) is 0 Å². The molecule has 1 rings (SSSR count). The van der Waals surface area contributed by atoms with Crippen molar-refractivity contribution in [1.82, 2.24) is 5.48 Å². The number of hydrogen-bond acceptors (Lipinski definition) is 2. The van der Waals surface area contributed by atoms with Gasteiger partial charge in [0.05, 0.1) is 0 Å². The average Bonchev–Trinajstić information content (AvgIpc) is 2.05. The van der Waals surface area contributed by atoms with E-state index in [-0.39, 0.29) is 5.84 Å². The van der Waals surface area contributed by atoms with Crippen molar-refractivity contribution in [3.05, 3.63) is 35.9 Å². The maximum atomic E-state index is 8.30. The Bertz CT molecular complexity index is 220. The lowest BCUT2D eigenvalue weighted by molar-refractivity contribution is 0.234. The van der Waals surface area contributed by atoms with Crippen LogP contribution in [0.4, 0.5) is 0 Å². The quantitative estimate of drug-likeness (QED) is 0.303. The lowest BCUT2D eigenvalue weighted by Gasteiger charge is -1.98. The van der Waals surface area contributed by atoms with E-state index in [1.54, 1.807) is 29.7 Å². The first kappa shape index (κ1) is 6.77. The Labute approximate surface area is 58.8 Å². The minimum absolute atomic E-state index is 0.0168. The molecule has 3 heteroatoms. The Kier molecular flexibility index (Phi) is 2.02. The largest absolute Gasteiger partial charge is 0.290 e. The van der Waals surface area contributed by atoms with Crippen molar-refractivity contribution < 1.29 is 5.21 Å². The molecular formula is C7H7N2O. The molecular weight excluding hydrogens is 128 g/mol. The van der Waals surface area contributed by atoms with Crippen molar-refractivity contribution in [3.63, 3.8) is 0 Å². The summed E-state index contributed by atoms with van der Waals surface area (Å²) in [6.45, 7) is 0. The van der Waals surface area contributed by atoms with Crippen LogP contribution in [-0.2, 0) is 0 Å². The van der Waals surface area contributed by atoms with Crippen molar-refractivity contribution in [2.45, 2.75) is 0 Å². The zero-order chi connectivity index (χ0) is 7.40. The van der Waals surface area contributed by atoms with Gasteiger partial charge >= 0.3 is 0 Å². The fourth-order valence-corrected chi connectivity index (χ4v) is 0.613. The second-order valence-electron chi connectivity index (χ2n) is 1.78. The van der Waals surface area contributed by atoms with Crippen LogP contribution >= 0.6 is 0 Å². The molecule has 0 aliphatic carbocycles. The van der Waals surface area contributed by atoms with Crippen LogP contribution in [0, 0.1) is 11.5 Å². The summed E-state index contributed by atoms with van der Waals surface area (Å²) in [7, 11) is 0. The van der Waals surface area contributed by atoms with E-state index in [0.29, 0.717) is 5.56 Å². The summed E-state index contributed by atoms with van der Waals surface area (Å²) >= 11 is 0. The molecule has 0 saturated carbocycles. The summed E-state index contributed by atoms with van der Waals surface area (Å²) in [4.78, 5) is 0. The van der Waals surface area contributed by atoms with Crippen molar-refractivity contribution in [3.8, 4) is 0 Å². The molecule has 0 atom stereocenters. The van der Waals surface area contributed by atoms with Crippen molar-refractivity contribution in [1.29, 1.82) is 5.41 Å². The molecule has 0 fully saturated rings. The van der Waals surface area contributed by atoms with E-state index in [1.807, 2.05) is 0 Å². The van der Waals surface area contributed by atoms with Gasteiger partial charge in [0.15, 0.2) is 0 Å². The lowest BCUT2D eigenvalue weighted by atomic mass is 10.2. The van der Waals surface area contributed by atoms with E-state index in [1.165, 1.54) is 0 Å². The van der Waals surface area contributed by atoms with Gasteiger partial charge in [0, 0.05) is 5.56 Å². The highest BCUT2D eigenvalue weighted by molar-refractivity contribution is 5.95. The van der Waals surface area contributed by atoms with Gasteiger partial charge in [-0.15, -0.1) is 0 Å². The first-order chi connectivity index (χ1) is 4.84. The Morgan fingerprint density at radius 2 is 2.50 bits per heavy atom. The van der Waals surface area contributed by atoms with Crippen LogP contribution in [0.15, 0.2) is 24.3 Å². The normalized spacial score (nSPS) is 8.90. The van der Waals surface area contributed by atoms with Gasteiger partial charge in [-0.1, -0.05) is 18.2 Å². The summed E-state index contributed by atoms with van der Waals surface area (Å²) in [6, 6.07) is 9.59. The van der Waals surface area contributed by atoms with Gasteiger partial charge in [-0.2, -0.15) is 0 Å². The molecule has 1 aromatic carbocycles. The number of benzene rings is 1. The molecule has 0 amide bonds. The van der Waals surface area contributed by atoms with Crippen LogP contribution in [0.25, 0.3) is 0 Å². The topological polar surface area (TPSA) is 56.1 Å². The molecule has 0 saturated heterocycles. The fourth-order valence-electron chi connectivity index (χ4n) is 0.613. The molecule has 0 bridgehead atoms. The monoisotopic (exact) mass is 135 g/mol. The fraction of sp³-hybridized carbons (Fsp3) is 0. The summed E-state index contributed by atoms with van der Waals surface area (Å²) in [6.07, 6.45) is 0. The molecule has 0 unspecified atom stereocenters. The Balaban J connectivity index is 2.85. The zero-order valence-electron chi connectivity index (χ0n) is 5.26. The van der Waals surface area contributed by atoms with E-state index in [2.05, 4.69) is 6.07 Å². The second kappa shape index (κ2) is 2.98. The Hall–Kier alpha value is -1.35. The third-order valence-electron chi connectivity index (χ3n) is 1.11. The minimum Gasteiger partial charge on any atom is -0.290 e. The Morgan fingerprint density at radius 1 is 1.70 bits per heavy atom. The third-order valence-corrected chi connectivity index (χ3v) is 1.11. The molecule has 10 heavy (non-hydrogen) atoms. The highest BCUT2D eigenvalue weighted by Crippen LogP contribution is 1.95. The predicted octanol–water partition coefficient (Wildman–Crippen LogP) is 0.791. The first-order valence-corrected chi connectivity index (χ1v) is 2.79. The lowest BCUT2D eigenvalue weighted by Crippen LogP contribution is -2.18. The second-order valence-corrected chi connectivity index (χ2v) is 1.78. The minimum atomic E-state index is -0.0168. The van der Waals surface area contributed by atoms with E-state index >= 15 is 0 Å². The van der Waals surface area contributed by atoms with Crippen molar-refractivity contribution in [2.75, 3.05) is 0 Å². The molecule has 51 valence electrons. The van der Waals surface area contributed by atoms with Crippen LogP contribution < -0.4 is 5.48 Å². The summed E-state index contributed by atoms with van der Waals surface area (Å²) < 4.78 is 0. The third kappa shape index (κ3) is 1.33. The van der Waals surface area contributed by atoms with Crippen LogP contribution in [0.2, 0.25) is 0 Å². The number of amidine groups is 1. The van der Waals surface area contributed by atoms with Gasteiger partial charge in [-0.3, -0.25) is 16.1 Å². The summed E-state index contributed by atoms with van der Waals surface area (Å²) in [5.41, 5.74) is 2.36. The molecule has 1 radical (unpaired) electrons. The molecule has 1 aromatic rings. The van der Waals surface area contributed by atoms with E-state index in [0.717, 1.165) is 0 Å². The van der Waals surface area contributed by atoms with E-state index in [9.17, 15) is 0 Å². The Morgan fingerprint density at radius 3 is 3.00 bits per heavy atom. The molecule has 3 nitrogen and oxygen atoms in total. The van der Waals surface area contributed by atoms with Gasteiger partial charge in [-0.05, 0) is 12.1 Å². The van der Waals surface area contributed by atoms with E-state index < -0.39 is 0 Å². The standard InChI is InChI=1S/C7H7N2O/c8-7(9-10)6-4-2-1-3-5-6/h1-2,4-5,10H,(H2,8,9). The molecule has 0 spiro atoms. The highest BCUT2D eigenvalue weighted by atomic mass is 16.5. The van der Waals surface area contributed by atoms with E-state index in [4.69, 9.17) is 10.6 Å². The van der Waals surface area contributed by atoms with Gasteiger partial charge in [0.25, 0.3) is 0 Å². The maximum Gasteiger partial charge on any atom is 0.149 e. The highest BCUT2D eigenvalue weighted by Gasteiger charge is 1.94. The molecule has 3 N–H and O–H groups in total. The van der Waals surface area contributed by atoms with Crippen molar-refractivity contribution in [2.24, 2.45) is 0 Å². The molecule has 0 aliphatic rings. The number of hydroxylamine groups is 1. The predicted molar refractivity (Wildman–Crippen MR) is 37.0 cm³/mol. The van der Waals surface area contributed by atoms with Crippen LogP contribution in [0.1, 0.15) is 5.56 Å². The smallest absolute Gasteiger partial charge is 0.149 e. The van der Waals surface area contributed by atoms with Crippen molar-refractivity contribution >= 4 is 5.84 Å². The van der Waals surface area contributed by atoms with Gasteiger partial charge < -0.3 is 0 Å². The average molecular weight is 135 g/mol. The van der Waals surface area contributed by atoms with Crippen LogP contribution in [-0.4, -0.2) is 11.0 Å². The molecule has 0 aromatic heterocycles. The van der Waals surface area contributed by atoms with Gasteiger partial charge in [0.1, 0.15) is 5.84 Å². The SMILES string of the molecule is N=C(NO)c1c[c]ccc1. The summed E-state index contributed by atoms with van der Waals surface area (Å²) in [5, 5.41) is 15.4. The maximum absolute atomic E-state index is 8.30. The number of nitrogens with one attached hydrogen (secondary N) is 2. The molecule has 0 heterocycles. The molecule has 0 aliphatic heterocycles. The van der Waals surface area contributed by atoms with Gasteiger partial charge in [0.2, 0.25) is 0 Å². The summed E-state index contributed by atoms with van der Waals surface area (Å²) in [5.74, 6) is -0.0168. The number of rotatable bonds is 1. The first-order valence-electron chi connectivity index (χ1n) is 2.79.